The van der Waals surface area contributed by atoms with Crippen molar-refractivity contribution < 1.29 is 9.53 Å². The zero-order valence-electron chi connectivity index (χ0n) is 24.2. The average molecular weight is 483 g/mol. The number of rotatable bonds is 6. The molecule has 0 amide bonds. The molecule has 5 aliphatic carbocycles. The maximum Gasteiger partial charge on any atom is 0.302 e. The summed E-state index contributed by atoms with van der Waals surface area (Å²) >= 11 is 0. The van der Waals surface area contributed by atoms with Crippen molar-refractivity contribution >= 4 is 5.97 Å². The second-order valence-corrected chi connectivity index (χ2v) is 14.8. The maximum atomic E-state index is 11.7. The molecule has 5 rings (SSSR count). The molecule has 5 saturated carbocycles. The maximum absolute atomic E-state index is 11.7. The first-order valence-corrected chi connectivity index (χ1v) is 15.3. The summed E-state index contributed by atoms with van der Waals surface area (Å²) < 4.78 is 5.81. The number of fused-ring (bicyclic) bond motifs is 2. The summed E-state index contributed by atoms with van der Waals surface area (Å²) in [4.78, 5) is 11.7. The van der Waals surface area contributed by atoms with Crippen LogP contribution in [0.1, 0.15) is 120 Å². The highest BCUT2D eigenvalue weighted by Crippen LogP contribution is 2.88. The monoisotopic (exact) mass is 482 g/mol. The van der Waals surface area contributed by atoms with Gasteiger partial charge in [0, 0.05) is 6.92 Å². The van der Waals surface area contributed by atoms with Crippen LogP contribution < -0.4 is 0 Å². The molecule has 35 heavy (non-hydrogen) atoms. The smallest absolute Gasteiger partial charge is 0.302 e. The molecule has 0 bridgehead atoms. The second-order valence-electron chi connectivity index (χ2n) is 14.8. The molecule has 0 radical (unpaired) electrons. The Morgan fingerprint density at radius 2 is 1.69 bits per heavy atom. The van der Waals surface area contributed by atoms with E-state index in [1.165, 1.54) is 57.8 Å². The predicted molar refractivity (Wildman–Crippen MR) is 145 cm³/mol. The highest BCUT2D eigenvalue weighted by atomic mass is 16.5. The summed E-state index contributed by atoms with van der Waals surface area (Å²) in [6.45, 7) is 19.1. The zero-order chi connectivity index (χ0) is 25.4. The van der Waals surface area contributed by atoms with Gasteiger partial charge in [0.2, 0.25) is 0 Å². The molecule has 0 aromatic rings. The molecular formula is C33H54O2. The van der Waals surface area contributed by atoms with E-state index in [2.05, 4.69) is 60.6 Å². The van der Waals surface area contributed by atoms with Gasteiger partial charge in [0.15, 0.2) is 0 Å². The van der Waals surface area contributed by atoms with E-state index in [1.54, 1.807) is 6.92 Å². The molecule has 0 N–H and O–H groups in total. The van der Waals surface area contributed by atoms with E-state index in [0.29, 0.717) is 33.5 Å². The minimum atomic E-state index is -0.0863. The van der Waals surface area contributed by atoms with Gasteiger partial charge in [-0.1, -0.05) is 60.6 Å². The SMILES string of the molecule is CC[C@H](/C=C/[C@@H](C)[C@H]1CC[C@@]2(C)[C@H]3CC[C@@H]4[C@H](C)[C@@H](OC(C)=O)CC[C@@]45C[C@]35CC[C@]12C)C(C)C. The molecule has 0 saturated heterocycles. The standard InChI is InChI=1S/C33H54O2/c1-9-25(21(2)3)11-10-22(4)26-14-16-31(8)29-13-12-27-23(5)28(35-24(6)34)15-17-32(27)20-33(29,32)19-18-30(26,31)7/h10-11,21-23,25-29H,9,12-20H2,1-8H3/b11-10+/t22-,23+,25-,26-,27-,28+,29-,30-,31+,32-,33-/m1/s1. The second kappa shape index (κ2) is 8.62. The largest absolute Gasteiger partial charge is 0.462 e. The number of hydrogen-bond donors (Lipinski definition) is 0. The van der Waals surface area contributed by atoms with Crippen LogP contribution in [0.4, 0.5) is 0 Å². The Bertz CT molecular complexity index is 859. The lowest BCUT2D eigenvalue weighted by molar-refractivity contribution is -0.164. The van der Waals surface area contributed by atoms with Gasteiger partial charge in [0.05, 0.1) is 0 Å². The first-order chi connectivity index (χ1) is 16.5. The summed E-state index contributed by atoms with van der Waals surface area (Å²) in [5, 5.41) is 0. The van der Waals surface area contributed by atoms with E-state index in [4.69, 9.17) is 4.74 Å². The van der Waals surface area contributed by atoms with E-state index in [0.717, 1.165) is 36.0 Å². The van der Waals surface area contributed by atoms with E-state index in [1.807, 2.05) is 0 Å². The lowest BCUT2D eigenvalue weighted by Gasteiger charge is -2.62. The van der Waals surface area contributed by atoms with E-state index in [9.17, 15) is 4.79 Å². The number of allylic oxidation sites excluding steroid dienone is 2. The molecule has 2 heteroatoms. The van der Waals surface area contributed by atoms with Crippen LogP contribution in [0.25, 0.3) is 0 Å². The lowest BCUT2D eigenvalue weighted by atomic mass is 9.43. The van der Waals surface area contributed by atoms with Gasteiger partial charge < -0.3 is 4.74 Å². The molecular weight excluding hydrogens is 428 g/mol. The average Bonchev–Trinajstić information content (AvgIpc) is 3.38. The van der Waals surface area contributed by atoms with Crippen molar-refractivity contribution in [2.24, 2.45) is 63.1 Å². The number of hydrogen-bond acceptors (Lipinski definition) is 2. The van der Waals surface area contributed by atoms with Crippen molar-refractivity contribution in [3.8, 4) is 0 Å². The van der Waals surface area contributed by atoms with Gasteiger partial charge in [-0.2, -0.15) is 0 Å². The zero-order valence-corrected chi connectivity index (χ0v) is 24.2. The van der Waals surface area contributed by atoms with Gasteiger partial charge in [-0.25, -0.2) is 0 Å². The fourth-order valence-electron chi connectivity index (χ4n) is 11.6. The number of carbonyl (C=O) groups is 1. The van der Waals surface area contributed by atoms with Gasteiger partial charge >= 0.3 is 5.97 Å². The summed E-state index contributed by atoms with van der Waals surface area (Å²) in [6.07, 6.45) is 19.0. The molecule has 5 aliphatic rings. The van der Waals surface area contributed by atoms with Crippen LogP contribution in [0.3, 0.4) is 0 Å². The Hall–Kier alpha value is -0.790. The predicted octanol–water partition coefficient (Wildman–Crippen LogP) is 8.84. The summed E-state index contributed by atoms with van der Waals surface area (Å²) in [7, 11) is 0. The van der Waals surface area contributed by atoms with Gasteiger partial charge in [-0.15, -0.1) is 0 Å². The van der Waals surface area contributed by atoms with Gasteiger partial charge in [0.25, 0.3) is 0 Å². The third-order valence-corrected chi connectivity index (χ3v) is 13.6. The molecule has 2 nitrogen and oxygen atoms in total. The Labute approximate surface area is 216 Å². The lowest BCUT2D eigenvalue weighted by Crippen LogP contribution is -2.56. The normalized spacial score (nSPS) is 50.1. The molecule has 0 heterocycles. The Morgan fingerprint density at radius 1 is 0.943 bits per heavy atom. The van der Waals surface area contributed by atoms with Crippen LogP contribution in [0.2, 0.25) is 0 Å². The van der Waals surface area contributed by atoms with Gasteiger partial charge in [0.1, 0.15) is 6.10 Å². The minimum Gasteiger partial charge on any atom is -0.462 e. The molecule has 0 aromatic carbocycles. The van der Waals surface area contributed by atoms with Crippen LogP contribution in [-0.4, -0.2) is 12.1 Å². The van der Waals surface area contributed by atoms with Crippen molar-refractivity contribution in [1.82, 2.24) is 0 Å². The molecule has 2 spiro atoms. The highest BCUT2D eigenvalue weighted by Gasteiger charge is 2.81. The van der Waals surface area contributed by atoms with E-state index < -0.39 is 0 Å². The molecule has 11 atom stereocenters. The molecule has 0 unspecified atom stereocenters. The van der Waals surface area contributed by atoms with Crippen LogP contribution in [0, 0.1) is 63.1 Å². The number of carbonyl (C=O) groups excluding carboxylic acids is 1. The molecule has 5 fully saturated rings. The minimum absolute atomic E-state index is 0.0863. The Kier molecular flexibility index (Phi) is 6.37. The van der Waals surface area contributed by atoms with Crippen LogP contribution in [0.15, 0.2) is 12.2 Å². The molecule has 198 valence electrons. The highest BCUT2D eigenvalue weighted by molar-refractivity contribution is 5.66. The third-order valence-electron chi connectivity index (χ3n) is 13.6. The van der Waals surface area contributed by atoms with Crippen molar-refractivity contribution in [3.63, 3.8) is 0 Å². The van der Waals surface area contributed by atoms with Gasteiger partial charge in [-0.05, 0) is 127 Å². The van der Waals surface area contributed by atoms with E-state index >= 15 is 0 Å². The van der Waals surface area contributed by atoms with Crippen molar-refractivity contribution in [2.45, 2.75) is 126 Å². The molecule has 0 aromatic heterocycles. The Morgan fingerprint density at radius 3 is 2.34 bits per heavy atom. The quantitative estimate of drug-likeness (QED) is 0.279. The number of ether oxygens (including phenoxy) is 1. The Balaban J connectivity index is 1.36. The van der Waals surface area contributed by atoms with Crippen LogP contribution in [0.5, 0.6) is 0 Å². The summed E-state index contributed by atoms with van der Waals surface area (Å²) in [5.74, 6) is 5.10. The fraction of sp³-hybridized carbons (Fsp3) is 0.909. The van der Waals surface area contributed by atoms with Crippen LogP contribution >= 0.6 is 0 Å². The summed E-state index contributed by atoms with van der Waals surface area (Å²) in [5.41, 5.74) is 2.12. The van der Waals surface area contributed by atoms with Crippen molar-refractivity contribution in [1.29, 1.82) is 0 Å². The topological polar surface area (TPSA) is 26.3 Å². The van der Waals surface area contributed by atoms with Crippen LogP contribution in [-0.2, 0) is 9.53 Å². The molecule has 0 aliphatic heterocycles. The number of esters is 1. The fourth-order valence-corrected chi connectivity index (χ4v) is 11.6. The van der Waals surface area contributed by atoms with Gasteiger partial charge in [-0.3, -0.25) is 4.79 Å². The first kappa shape index (κ1) is 25.8. The first-order valence-electron chi connectivity index (χ1n) is 15.3. The van der Waals surface area contributed by atoms with Crippen molar-refractivity contribution in [2.75, 3.05) is 0 Å². The van der Waals surface area contributed by atoms with E-state index in [-0.39, 0.29) is 12.1 Å². The summed E-state index contributed by atoms with van der Waals surface area (Å²) in [6, 6.07) is 0. The third kappa shape index (κ3) is 3.49. The van der Waals surface area contributed by atoms with Crippen molar-refractivity contribution in [3.05, 3.63) is 12.2 Å².